The zero-order valence-corrected chi connectivity index (χ0v) is 19.3. The summed E-state index contributed by atoms with van der Waals surface area (Å²) < 4.78 is 0. The first kappa shape index (κ1) is 22.6. The fraction of sp³-hybridized carbons (Fsp3) is 0.391. The summed E-state index contributed by atoms with van der Waals surface area (Å²) in [5.74, 6) is 0. The van der Waals surface area contributed by atoms with Gasteiger partial charge in [-0.1, -0.05) is 41.8 Å². The SMILES string of the molecule is C\C=C(NCc1cc2nccnc2cc1Cl)/C(=C(Cl)\C=C(/C)CC)N1CCNCC1. The van der Waals surface area contributed by atoms with Gasteiger partial charge in [0.15, 0.2) is 0 Å². The number of piperazine rings is 1. The number of nitrogens with zero attached hydrogens (tertiary/aromatic N) is 3. The van der Waals surface area contributed by atoms with Crippen LogP contribution in [0.5, 0.6) is 0 Å². The van der Waals surface area contributed by atoms with Crippen molar-refractivity contribution in [3.8, 4) is 0 Å². The molecule has 30 heavy (non-hydrogen) atoms. The van der Waals surface area contributed by atoms with Gasteiger partial charge in [0.05, 0.1) is 27.5 Å². The van der Waals surface area contributed by atoms with Gasteiger partial charge in [-0.3, -0.25) is 9.97 Å². The van der Waals surface area contributed by atoms with E-state index in [1.165, 1.54) is 5.57 Å². The van der Waals surface area contributed by atoms with E-state index in [1.54, 1.807) is 12.4 Å². The van der Waals surface area contributed by atoms with E-state index in [9.17, 15) is 0 Å². The Morgan fingerprint density at radius 1 is 1.20 bits per heavy atom. The molecule has 1 aromatic carbocycles. The largest absolute Gasteiger partial charge is 0.379 e. The molecule has 2 N–H and O–H groups in total. The molecule has 0 unspecified atom stereocenters. The van der Waals surface area contributed by atoms with Crippen LogP contribution < -0.4 is 10.6 Å². The molecular weight excluding hydrogens is 417 g/mol. The molecule has 1 fully saturated rings. The Labute approximate surface area is 188 Å². The van der Waals surface area contributed by atoms with Crippen molar-refractivity contribution in [2.24, 2.45) is 0 Å². The number of halogens is 2. The molecule has 0 bridgehead atoms. The Morgan fingerprint density at radius 3 is 2.50 bits per heavy atom. The fourth-order valence-electron chi connectivity index (χ4n) is 3.40. The number of allylic oxidation sites excluding steroid dienone is 4. The van der Waals surface area contributed by atoms with Gasteiger partial charge in [-0.25, -0.2) is 0 Å². The van der Waals surface area contributed by atoms with Crippen LogP contribution in [0.2, 0.25) is 5.02 Å². The summed E-state index contributed by atoms with van der Waals surface area (Å²) in [7, 11) is 0. The maximum Gasteiger partial charge on any atom is 0.0901 e. The predicted molar refractivity (Wildman–Crippen MR) is 127 cm³/mol. The molecule has 0 radical (unpaired) electrons. The van der Waals surface area contributed by atoms with Crippen molar-refractivity contribution in [1.82, 2.24) is 25.5 Å². The Bertz CT molecular complexity index is 975. The lowest BCUT2D eigenvalue weighted by molar-refractivity contribution is 0.300. The normalized spacial score (nSPS) is 16.6. The average molecular weight is 446 g/mol. The molecule has 2 aromatic rings. The Kier molecular flexibility index (Phi) is 8.14. The van der Waals surface area contributed by atoms with Crippen LogP contribution in [0.1, 0.15) is 32.8 Å². The molecule has 1 aliphatic rings. The van der Waals surface area contributed by atoms with Crippen molar-refractivity contribution in [2.75, 3.05) is 26.2 Å². The van der Waals surface area contributed by atoms with E-state index in [0.29, 0.717) is 11.6 Å². The summed E-state index contributed by atoms with van der Waals surface area (Å²) in [6.45, 7) is 10.6. The van der Waals surface area contributed by atoms with E-state index < -0.39 is 0 Å². The van der Waals surface area contributed by atoms with Crippen LogP contribution in [-0.4, -0.2) is 41.0 Å². The van der Waals surface area contributed by atoms with Crippen molar-refractivity contribution < 1.29 is 0 Å². The van der Waals surface area contributed by atoms with Gasteiger partial charge in [0.2, 0.25) is 0 Å². The minimum atomic E-state index is 0.571. The van der Waals surface area contributed by atoms with Gasteiger partial charge in [-0.2, -0.15) is 0 Å². The second kappa shape index (κ2) is 10.8. The fourth-order valence-corrected chi connectivity index (χ4v) is 4.03. The Hall–Kier alpha value is -2.08. The van der Waals surface area contributed by atoms with Gasteiger partial charge in [0, 0.05) is 50.1 Å². The number of benzene rings is 1. The zero-order chi connectivity index (χ0) is 21.5. The van der Waals surface area contributed by atoms with E-state index in [1.807, 2.05) is 19.1 Å². The Balaban J connectivity index is 1.89. The minimum Gasteiger partial charge on any atom is -0.379 e. The van der Waals surface area contributed by atoms with E-state index in [-0.39, 0.29) is 0 Å². The quantitative estimate of drug-likeness (QED) is 0.587. The number of hydrogen-bond donors (Lipinski definition) is 2. The molecule has 0 atom stereocenters. The van der Waals surface area contributed by atoms with Gasteiger partial charge in [-0.05, 0) is 44.0 Å². The average Bonchev–Trinajstić information content (AvgIpc) is 2.76. The first-order valence-corrected chi connectivity index (χ1v) is 11.1. The van der Waals surface area contributed by atoms with Crippen molar-refractivity contribution in [3.63, 3.8) is 0 Å². The van der Waals surface area contributed by atoms with Crippen LogP contribution >= 0.6 is 23.2 Å². The van der Waals surface area contributed by atoms with Gasteiger partial charge in [0.25, 0.3) is 0 Å². The smallest absolute Gasteiger partial charge is 0.0901 e. The summed E-state index contributed by atoms with van der Waals surface area (Å²) in [6, 6.07) is 3.85. The number of aromatic nitrogens is 2. The first-order chi connectivity index (χ1) is 14.5. The van der Waals surface area contributed by atoms with Gasteiger partial charge < -0.3 is 15.5 Å². The third-order valence-electron chi connectivity index (χ3n) is 5.24. The highest BCUT2D eigenvalue weighted by atomic mass is 35.5. The van der Waals surface area contributed by atoms with E-state index in [2.05, 4.69) is 51.5 Å². The van der Waals surface area contributed by atoms with Crippen LogP contribution in [0, 0.1) is 0 Å². The molecule has 1 aliphatic heterocycles. The van der Waals surface area contributed by atoms with Gasteiger partial charge in [0.1, 0.15) is 0 Å². The van der Waals surface area contributed by atoms with Crippen molar-refractivity contribution in [3.05, 3.63) is 69.3 Å². The van der Waals surface area contributed by atoms with Crippen molar-refractivity contribution >= 4 is 34.2 Å². The lowest BCUT2D eigenvalue weighted by atomic mass is 10.1. The second-order valence-electron chi connectivity index (χ2n) is 7.32. The number of fused-ring (bicyclic) bond motifs is 1. The van der Waals surface area contributed by atoms with Crippen LogP contribution in [0.3, 0.4) is 0 Å². The third kappa shape index (κ3) is 5.54. The predicted octanol–water partition coefficient (Wildman–Crippen LogP) is 4.99. The van der Waals surface area contributed by atoms with E-state index in [4.69, 9.17) is 23.2 Å². The maximum atomic E-state index is 6.83. The molecule has 0 amide bonds. The molecule has 2 heterocycles. The molecule has 3 rings (SSSR count). The topological polar surface area (TPSA) is 53.1 Å². The van der Waals surface area contributed by atoms with Crippen LogP contribution in [0.15, 0.2) is 58.7 Å². The highest BCUT2D eigenvalue weighted by Crippen LogP contribution is 2.26. The summed E-state index contributed by atoms with van der Waals surface area (Å²) in [5.41, 5.74) is 5.88. The monoisotopic (exact) mass is 445 g/mol. The molecule has 160 valence electrons. The number of hydrogen-bond acceptors (Lipinski definition) is 5. The lowest BCUT2D eigenvalue weighted by Gasteiger charge is -2.33. The van der Waals surface area contributed by atoms with E-state index >= 15 is 0 Å². The molecule has 1 aromatic heterocycles. The summed E-state index contributed by atoms with van der Waals surface area (Å²) in [6.07, 6.45) is 8.48. The maximum absolute atomic E-state index is 6.83. The van der Waals surface area contributed by atoms with Crippen molar-refractivity contribution in [1.29, 1.82) is 0 Å². The standard InChI is InChI=1S/C23H29Cl2N5/c1-4-16(3)12-19(25)23(30-10-8-26-9-11-30)20(5-2)29-15-17-13-21-22(14-18(17)24)28-7-6-27-21/h5-7,12-14,26,29H,4,8-11,15H2,1-3H3/b16-12+,20-5+,23-19-. The molecule has 0 spiro atoms. The summed E-state index contributed by atoms with van der Waals surface area (Å²) in [4.78, 5) is 11.1. The molecule has 0 aliphatic carbocycles. The number of nitrogens with one attached hydrogen (secondary N) is 2. The highest BCUT2D eigenvalue weighted by molar-refractivity contribution is 6.32. The number of rotatable bonds is 7. The molecule has 0 saturated carbocycles. The summed E-state index contributed by atoms with van der Waals surface area (Å²) in [5, 5.41) is 8.39. The van der Waals surface area contributed by atoms with Crippen LogP contribution in [0.25, 0.3) is 11.0 Å². The van der Waals surface area contributed by atoms with Crippen LogP contribution in [0.4, 0.5) is 0 Å². The molecule has 1 saturated heterocycles. The van der Waals surface area contributed by atoms with Gasteiger partial charge >= 0.3 is 0 Å². The lowest BCUT2D eigenvalue weighted by Crippen LogP contribution is -2.44. The Morgan fingerprint density at radius 2 is 1.87 bits per heavy atom. The molecule has 5 nitrogen and oxygen atoms in total. The minimum absolute atomic E-state index is 0.571. The second-order valence-corrected chi connectivity index (χ2v) is 8.14. The van der Waals surface area contributed by atoms with Crippen LogP contribution in [-0.2, 0) is 6.54 Å². The summed E-state index contributed by atoms with van der Waals surface area (Å²) >= 11 is 13.3. The first-order valence-electron chi connectivity index (χ1n) is 10.4. The highest BCUT2D eigenvalue weighted by Gasteiger charge is 2.19. The zero-order valence-electron chi connectivity index (χ0n) is 17.8. The molecule has 7 heteroatoms. The molecular formula is C23H29Cl2N5. The van der Waals surface area contributed by atoms with Crippen molar-refractivity contribution in [2.45, 2.75) is 33.7 Å². The third-order valence-corrected chi connectivity index (χ3v) is 5.88. The van der Waals surface area contributed by atoms with Gasteiger partial charge in [-0.15, -0.1) is 0 Å². The van der Waals surface area contributed by atoms with E-state index in [0.717, 1.165) is 65.6 Å².